The molecule has 4 N–H and O–H groups in total. The van der Waals surface area contributed by atoms with E-state index >= 15 is 0 Å². The fourth-order valence-electron chi connectivity index (χ4n) is 3.06. The molecule has 3 aromatic rings. The zero-order valence-electron chi connectivity index (χ0n) is 17.5. The molecule has 1 heterocycles. The first-order valence-electron chi connectivity index (χ1n) is 10.00. The van der Waals surface area contributed by atoms with E-state index in [1.807, 2.05) is 55.5 Å². The molecule has 0 fully saturated rings. The van der Waals surface area contributed by atoms with Gasteiger partial charge in [-0.15, -0.1) is 0 Å². The van der Waals surface area contributed by atoms with E-state index in [1.165, 1.54) is 6.08 Å². The molecule has 0 aliphatic rings. The molecule has 158 valence electrons. The fourth-order valence-corrected chi connectivity index (χ4v) is 3.06. The van der Waals surface area contributed by atoms with Crippen LogP contribution in [0.1, 0.15) is 38.2 Å². The number of carbonyl (C=O) groups is 2. The van der Waals surface area contributed by atoms with Crippen LogP contribution in [0.5, 0.6) is 0 Å². The molecule has 0 saturated carbocycles. The molecule has 2 amide bonds. The number of hydrogen-bond acceptors (Lipinski definition) is 4. The zero-order chi connectivity index (χ0) is 22.2. The highest BCUT2D eigenvalue weighted by Gasteiger charge is 2.08. The van der Waals surface area contributed by atoms with Crippen LogP contribution in [0.2, 0.25) is 0 Å². The normalized spacial score (nSPS) is 10.4. The summed E-state index contributed by atoms with van der Waals surface area (Å²) in [5, 5.41) is 5.66. The van der Waals surface area contributed by atoms with Crippen LogP contribution in [0.3, 0.4) is 0 Å². The maximum absolute atomic E-state index is 12.5. The monoisotopic (exact) mass is 414 g/mol. The molecule has 6 heteroatoms. The summed E-state index contributed by atoms with van der Waals surface area (Å²) in [6.45, 7) is 6.24. The number of amides is 2. The summed E-state index contributed by atoms with van der Waals surface area (Å²) in [6, 6.07) is 15.6. The van der Waals surface area contributed by atoms with E-state index in [1.54, 1.807) is 12.4 Å². The van der Waals surface area contributed by atoms with Gasteiger partial charge in [-0.2, -0.15) is 0 Å². The second-order valence-corrected chi connectivity index (χ2v) is 7.37. The predicted molar refractivity (Wildman–Crippen MR) is 122 cm³/mol. The summed E-state index contributed by atoms with van der Waals surface area (Å²) >= 11 is 0. The van der Waals surface area contributed by atoms with Crippen molar-refractivity contribution in [2.75, 3.05) is 5.73 Å². The Labute approximate surface area is 182 Å². The number of carbonyl (C=O) groups excluding carboxylic acids is 2. The van der Waals surface area contributed by atoms with E-state index in [0.29, 0.717) is 30.8 Å². The Morgan fingerprint density at radius 3 is 2.32 bits per heavy atom. The summed E-state index contributed by atoms with van der Waals surface area (Å²) in [7, 11) is 0. The molecule has 31 heavy (non-hydrogen) atoms. The lowest BCUT2D eigenvalue weighted by atomic mass is 10.0. The summed E-state index contributed by atoms with van der Waals surface area (Å²) in [5.74, 6) is -0.377. The smallest absolute Gasteiger partial charge is 0.253 e. The molecular formula is C25H26N4O2. The lowest BCUT2D eigenvalue weighted by Crippen LogP contribution is -2.23. The first-order chi connectivity index (χ1) is 14.9. The Morgan fingerprint density at radius 2 is 1.61 bits per heavy atom. The summed E-state index contributed by atoms with van der Waals surface area (Å²) in [5.41, 5.74) is 12.2. The van der Waals surface area contributed by atoms with Crippen LogP contribution in [-0.2, 0) is 24.3 Å². The lowest BCUT2D eigenvalue weighted by Gasteiger charge is -2.09. The molecular weight excluding hydrogens is 388 g/mol. The lowest BCUT2D eigenvalue weighted by molar-refractivity contribution is -0.116. The Kier molecular flexibility index (Phi) is 7.17. The van der Waals surface area contributed by atoms with Crippen LogP contribution in [0.25, 0.3) is 0 Å². The Hall–Kier alpha value is -3.93. The molecule has 0 saturated heterocycles. The number of nitrogens with two attached hydrogens (primary N) is 1. The number of nitrogens with one attached hydrogen (secondary N) is 2. The summed E-state index contributed by atoms with van der Waals surface area (Å²) < 4.78 is 0. The highest BCUT2D eigenvalue weighted by molar-refractivity contribution is 5.94. The van der Waals surface area contributed by atoms with Crippen molar-refractivity contribution in [1.29, 1.82) is 0 Å². The van der Waals surface area contributed by atoms with E-state index in [-0.39, 0.29) is 11.8 Å². The number of nitrogen functional groups attached to an aromatic ring is 1. The number of benzene rings is 2. The Morgan fingerprint density at radius 1 is 0.935 bits per heavy atom. The number of aryl methyl sites for hydroxylation is 1. The summed E-state index contributed by atoms with van der Waals surface area (Å²) in [4.78, 5) is 28.0. The minimum Gasteiger partial charge on any atom is -0.399 e. The Balaban J connectivity index is 1.59. The highest BCUT2D eigenvalue weighted by Crippen LogP contribution is 2.14. The van der Waals surface area contributed by atoms with E-state index in [2.05, 4.69) is 22.2 Å². The van der Waals surface area contributed by atoms with Gasteiger partial charge in [0.05, 0.1) is 5.56 Å². The van der Waals surface area contributed by atoms with Crippen molar-refractivity contribution in [2.45, 2.75) is 26.4 Å². The van der Waals surface area contributed by atoms with E-state index in [9.17, 15) is 9.59 Å². The molecule has 0 aliphatic carbocycles. The molecule has 1 aromatic heterocycles. The number of hydrogen-bond donors (Lipinski definition) is 3. The third-order valence-electron chi connectivity index (χ3n) is 4.94. The zero-order valence-corrected chi connectivity index (χ0v) is 17.5. The number of anilines is 1. The van der Waals surface area contributed by atoms with Gasteiger partial charge < -0.3 is 16.4 Å². The van der Waals surface area contributed by atoms with Gasteiger partial charge in [-0.25, -0.2) is 0 Å². The topological polar surface area (TPSA) is 97.1 Å². The van der Waals surface area contributed by atoms with Crippen molar-refractivity contribution in [3.05, 3.63) is 107 Å². The molecule has 0 unspecified atom stereocenters. The molecule has 6 nitrogen and oxygen atoms in total. The molecule has 2 aromatic carbocycles. The second-order valence-electron chi connectivity index (χ2n) is 7.37. The minimum absolute atomic E-state index is 0.179. The van der Waals surface area contributed by atoms with Crippen molar-refractivity contribution in [3.63, 3.8) is 0 Å². The largest absolute Gasteiger partial charge is 0.399 e. The predicted octanol–water partition coefficient (Wildman–Crippen LogP) is 3.30. The van der Waals surface area contributed by atoms with Gasteiger partial charge in [-0.3, -0.25) is 14.6 Å². The molecule has 0 bridgehead atoms. The van der Waals surface area contributed by atoms with Gasteiger partial charge in [0.1, 0.15) is 0 Å². The maximum atomic E-state index is 12.5. The van der Waals surface area contributed by atoms with Crippen LogP contribution in [0.4, 0.5) is 5.69 Å². The summed E-state index contributed by atoms with van der Waals surface area (Å²) in [6.07, 6.45) is 5.23. The highest BCUT2D eigenvalue weighted by atomic mass is 16.2. The second kappa shape index (κ2) is 10.2. The van der Waals surface area contributed by atoms with Crippen molar-refractivity contribution < 1.29 is 9.59 Å². The Bertz CT molecular complexity index is 1090. The van der Waals surface area contributed by atoms with Gasteiger partial charge in [0.15, 0.2) is 0 Å². The molecule has 3 rings (SSSR count). The van der Waals surface area contributed by atoms with Crippen molar-refractivity contribution in [2.24, 2.45) is 0 Å². The van der Waals surface area contributed by atoms with E-state index in [4.69, 9.17) is 5.73 Å². The first-order valence-corrected chi connectivity index (χ1v) is 10.00. The van der Waals surface area contributed by atoms with Gasteiger partial charge >= 0.3 is 0 Å². The first kappa shape index (κ1) is 21.8. The molecule has 0 atom stereocenters. The fraction of sp³-hybridized carbons (Fsp3) is 0.160. The number of pyridine rings is 1. The van der Waals surface area contributed by atoms with Crippen molar-refractivity contribution >= 4 is 17.5 Å². The van der Waals surface area contributed by atoms with Gasteiger partial charge in [0.25, 0.3) is 5.91 Å². The number of nitrogens with zero attached hydrogens (tertiary/aromatic N) is 1. The van der Waals surface area contributed by atoms with Gasteiger partial charge in [0.2, 0.25) is 5.91 Å². The van der Waals surface area contributed by atoms with Crippen LogP contribution in [0.15, 0.2) is 73.6 Å². The van der Waals surface area contributed by atoms with Crippen LogP contribution >= 0.6 is 0 Å². The molecule has 0 aliphatic heterocycles. The maximum Gasteiger partial charge on any atom is 0.253 e. The minimum atomic E-state index is -0.198. The van der Waals surface area contributed by atoms with Crippen molar-refractivity contribution in [3.8, 4) is 0 Å². The average Bonchev–Trinajstić information content (AvgIpc) is 2.79. The van der Waals surface area contributed by atoms with Gasteiger partial charge in [0, 0.05) is 31.2 Å². The number of rotatable bonds is 8. The average molecular weight is 415 g/mol. The SMILES string of the molecule is C=CC(=O)NCc1ccc(Cc2cncc(C(=O)NCc3ccc(C)c(N)c3)c2)cc1. The van der Waals surface area contributed by atoms with Gasteiger partial charge in [-0.05, 0) is 59.4 Å². The quantitative estimate of drug-likeness (QED) is 0.389. The molecule has 0 spiro atoms. The number of aromatic nitrogens is 1. The van der Waals surface area contributed by atoms with Crippen molar-refractivity contribution in [1.82, 2.24) is 15.6 Å². The van der Waals surface area contributed by atoms with Crippen LogP contribution < -0.4 is 16.4 Å². The third-order valence-corrected chi connectivity index (χ3v) is 4.94. The third kappa shape index (κ3) is 6.27. The molecule has 0 radical (unpaired) electrons. The standard InChI is InChI=1S/C25H26N4O2/c1-3-24(30)28-14-19-8-6-18(7-9-19)10-21-11-22(16-27-13-21)25(31)29-15-20-5-4-17(2)23(26)12-20/h3-9,11-13,16H,1,10,14-15,26H2,2H3,(H,28,30)(H,29,31). The van der Waals surface area contributed by atoms with E-state index < -0.39 is 0 Å². The van der Waals surface area contributed by atoms with Gasteiger partial charge in [-0.1, -0.05) is 43.0 Å². The van der Waals surface area contributed by atoms with Crippen LogP contribution in [-0.4, -0.2) is 16.8 Å². The van der Waals surface area contributed by atoms with Crippen LogP contribution in [0, 0.1) is 6.92 Å². The van der Waals surface area contributed by atoms with E-state index in [0.717, 1.165) is 27.8 Å².